The van der Waals surface area contributed by atoms with Gasteiger partial charge in [-0.05, 0) is 67.7 Å². The Morgan fingerprint density at radius 1 is 1.02 bits per heavy atom. The molecule has 41 heavy (non-hydrogen) atoms. The van der Waals surface area contributed by atoms with Crippen molar-refractivity contribution in [2.75, 3.05) is 65.3 Å². The van der Waals surface area contributed by atoms with E-state index in [0.717, 1.165) is 57.5 Å². The van der Waals surface area contributed by atoms with E-state index < -0.39 is 13.0 Å². The molecule has 0 aliphatic carbocycles. The number of rotatable bonds is 9. The van der Waals surface area contributed by atoms with Crippen molar-refractivity contribution < 1.29 is 28.2 Å². The van der Waals surface area contributed by atoms with Crippen LogP contribution in [0, 0.1) is 11.8 Å². The highest BCUT2D eigenvalue weighted by atomic mass is 35.5. The van der Waals surface area contributed by atoms with Crippen LogP contribution < -0.4 is 4.90 Å². The van der Waals surface area contributed by atoms with E-state index in [1.165, 1.54) is 6.42 Å². The van der Waals surface area contributed by atoms with Gasteiger partial charge in [-0.25, -0.2) is 8.78 Å². The number of anilines is 1. The molecule has 2 aliphatic heterocycles. The van der Waals surface area contributed by atoms with Gasteiger partial charge in [0, 0.05) is 52.6 Å². The molecule has 7 nitrogen and oxygen atoms in total. The van der Waals surface area contributed by atoms with Gasteiger partial charge in [0.25, 0.3) is 11.8 Å². The summed E-state index contributed by atoms with van der Waals surface area (Å²) in [7, 11) is 3.38. The first kappa shape index (κ1) is 32.8. The zero-order valence-corrected chi connectivity index (χ0v) is 24.7. The van der Waals surface area contributed by atoms with Crippen LogP contribution in [0.3, 0.4) is 0 Å². The van der Waals surface area contributed by atoms with Crippen molar-refractivity contribution in [2.45, 2.75) is 38.2 Å². The van der Waals surface area contributed by atoms with Gasteiger partial charge in [0.15, 0.2) is 6.10 Å². The van der Waals surface area contributed by atoms with E-state index in [4.69, 9.17) is 16.3 Å². The molecule has 0 bridgehead atoms. The SMILES string of the molecule is COCCN(C)C(=O)c1ccc(N2CCC(CC3CCN(C(=O)C(O)c4ccccc4)CC3)CC2)cc1Cl.FCF. The zero-order chi connectivity index (χ0) is 29.8. The summed E-state index contributed by atoms with van der Waals surface area (Å²) in [5.74, 6) is 1.02. The molecule has 0 saturated carbocycles. The van der Waals surface area contributed by atoms with Gasteiger partial charge in [0.05, 0.1) is 17.2 Å². The largest absolute Gasteiger partial charge is 0.383 e. The predicted octanol–water partition coefficient (Wildman–Crippen LogP) is 5.52. The maximum atomic E-state index is 12.8. The molecular weight excluding hydrogens is 552 g/mol. The second-order valence-electron chi connectivity index (χ2n) is 10.7. The number of hydrogen-bond donors (Lipinski definition) is 1. The first-order valence-corrected chi connectivity index (χ1v) is 14.6. The maximum absolute atomic E-state index is 12.8. The van der Waals surface area contributed by atoms with E-state index in [1.54, 1.807) is 31.2 Å². The Hall–Kier alpha value is -2.75. The number of nitrogens with zero attached hydrogens (tertiary/aromatic N) is 3. The number of aliphatic hydroxyl groups excluding tert-OH is 1. The van der Waals surface area contributed by atoms with Crippen molar-refractivity contribution in [3.63, 3.8) is 0 Å². The van der Waals surface area contributed by atoms with Crippen molar-refractivity contribution in [1.29, 1.82) is 0 Å². The third-order valence-electron chi connectivity index (χ3n) is 8.08. The summed E-state index contributed by atoms with van der Waals surface area (Å²) in [6.45, 7) is 2.64. The molecule has 2 amide bonds. The van der Waals surface area contributed by atoms with E-state index in [1.807, 2.05) is 41.3 Å². The second kappa shape index (κ2) is 16.6. The molecule has 2 aromatic rings. The Labute approximate surface area is 247 Å². The maximum Gasteiger partial charge on any atom is 0.256 e. The van der Waals surface area contributed by atoms with Crippen molar-refractivity contribution >= 4 is 29.1 Å². The van der Waals surface area contributed by atoms with Crippen LogP contribution in [0.4, 0.5) is 14.5 Å². The van der Waals surface area contributed by atoms with Crippen LogP contribution in [0.5, 0.6) is 0 Å². The smallest absolute Gasteiger partial charge is 0.256 e. The predicted molar refractivity (Wildman–Crippen MR) is 158 cm³/mol. The number of carbonyl (C=O) groups excluding carboxylic acids is 2. The Bertz CT molecular complexity index is 1090. The van der Waals surface area contributed by atoms with Crippen molar-refractivity contribution in [2.24, 2.45) is 11.8 Å². The fourth-order valence-corrected chi connectivity index (χ4v) is 5.90. The van der Waals surface area contributed by atoms with Gasteiger partial charge in [-0.15, -0.1) is 0 Å². The summed E-state index contributed by atoms with van der Waals surface area (Å²) < 4.78 is 24.3. The number of methoxy groups -OCH3 is 1. The zero-order valence-electron chi connectivity index (χ0n) is 24.0. The molecule has 0 spiro atoms. The molecule has 10 heteroatoms. The molecule has 2 heterocycles. The standard InChI is InChI=1S/C30H40ClN3O4.CH2F2/c1-32(18-19-38-2)29(36)26-9-8-25(21-27(26)31)33-14-10-22(11-15-33)20-23-12-16-34(17-13-23)30(37)28(35)24-6-4-3-5-7-24;2-1-3/h3-9,21-23,28,35H,10-20H2,1-2H3;1H2. The summed E-state index contributed by atoms with van der Waals surface area (Å²) in [5, 5.41) is 11.0. The normalized spacial score (nSPS) is 17.0. The van der Waals surface area contributed by atoms with Crippen molar-refractivity contribution in [3.05, 3.63) is 64.7 Å². The first-order valence-electron chi connectivity index (χ1n) is 14.2. The number of carbonyl (C=O) groups is 2. The van der Waals surface area contributed by atoms with Crippen molar-refractivity contribution in [3.8, 4) is 0 Å². The Morgan fingerprint density at radius 2 is 1.61 bits per heavy atom. The Kier molecular flexibility index (Phi) is 13.3. The molecule has 2 aliphatic rings. The topological polar surface area (TPSA) is 73.3 Å². The fraction of sp³-hybridized carbons (Fsp3) is 0.548. The van der Waals surface area contributed by atoms with Crippen LogP contribution in [0.25, 0.3) is 0 Å². The summed E-state index contributed by atoms with van der Waals surface area (Å²) in [6, 6.07) is 14.9. The molecule has 1 N–H and O–H groups in total. The van der Waals surface area contributed by atoms with Gasteiger partial charge in [-0.2, -0.15) is 0 Å². The van der Waals surface area contributed by atoms with E-state index in [-0.39, 0.29) is 11.8 Å². The quantitative estimate of drug-likeness (QED) is 0.414. The van der Waals surface area contributed by atoms with Crippen molar-refractivity contribution in [1.82, 2.24) is 9.80 Å². The number of hydrogen-bond acceptors (Lipinski definition) is 5. The van der Waals surface area contributed by atoms with Gasteiger partial charge < -0.3 is 24.5 Å². The minimum absolute atomic E-state index is 0.0976. The average molecular weight is 594 g/mol. The lowest BCUT2D eigenvalue weighted by Gasteiger charge is -2.38. The molecule has 2 saturated heterocycles. The summed E-state index contributed by atoms with van der Waals surface area (Å²) in [5.41, 5.74) is 2.24. The van der Waals surface area contributed by atoms with Gasteiger partial charge in [-0.1, -0.05) is 41.9 Å². The molecule has 1 unspecified atom stereocenters. The number of likely N-dealkylation sites (tertiary alicyclic amines) is 1. The number of piperidine rings is 2. The van der Waals surface area contributed by atoms with E-state index in [2.05, 4.69) is 4.90 Å². The van der Waals surface area contributed by atoms with Crippen LogP contribution in [0.2, 0.25) is 5.02 Å². The van der Waals surface area contributed by atoms with E-state index in [9.17, 15) is 23.5 Å². The van der Waals surface area contributed by atoms with Gasteiger partial charge in [0.1, 0.15) is 0 Å². The molecule has 0 aromatic heterocycles. The summed E-state index contributed by atoms with van der Waals surface area (Å²) >= 11 is 6.52. The number of ether oxygens (including phenoxy) is 1. The summed E-state index contributed by atoms with van der Waals surface area (Å²) in [4.78, 5) is 31.3. The molecule has 1 atom stereocenters. The lowest BCUT2D eigenvalue weighted by molar-refractivity contribution is -0.142. The van der Waals surface area contributed by atoms with Crippen LogP contribution >= 0.6 is 11.6 Å². The monoisotopic (exact) mass is 593 g/mol. The van der Waals surface area contributed by atoms with Crippen LogP contribution in [0.1, 0.15) is 54.1 Å². The van der Waals surface area contributed by atoms with Crippen LogP contribution in [-0.2, 0) is 9.53 Å². The minimum Gasteiger partial charge on any atom is -0.383 e. The highest BCUT2D eigenvalue weighted by Crippen LogP contribution is 2.33. The fourth-order valence-electron chi connectivity index (χ4n) is 5.65. The molecule has 2 aromatic carbocycles. The van der Waals surface area contributed by atoms with Gasteiger partial charge in [0.2, 0.25) is 6.93 Å². The lowest BCUT2D eigenvalue weighted by atomic mass is 9.82. The number of benzene rings is 2. The Morgan fingerprint density at radius 3 is 2.17 bits per heavy atom. The van der Waals surface area contributed by atoms with E-state index >= 15 is 0 Å². The molecular formula is C31H42ClF2N3O4. The highest BCUT2D eigenvalue weighted by Gasteiger charge is 2.30. The number of alkyl halides is 2. The highest BCUT2D eigenvalue weighted by molar-refractivity contribution is 6.34. The molecule has 2 fully saturated rings. The Balaban J connectivity index is 0.00000147. The first-order chi connectivity index (χ1) is 19.8. The van der Waals surface area contributed by atoms with Crippen LogP contribution in [0.15, 0.2) is 48.5 Å². The third kappa shape index (κ3) is 9.38. The minimum atomic E-state index is -1.75. The third-order valence-corrected chi connectivity index (χ3v) is 8.40. The number of likely N-dealkylation sites (N-methyl/N-ethyl adjacent to an activating group) is 1. The molecule has 0 radical (unpaired) electrons. The lowest BCUT2D eigenvalue weighted by Crippen LogP contribution is -2.42. The number of aliphatic hydroxyl groups is 1. The van der Waals surface area contributed by atoms with Gasteiger partial charge in [-0.3, -0.25) is 9.59 Å². The van der Waals surface area contributed by atoms with Crippen LogP contribution in [-0.4, -0.2) is 87.1 Å². The van der Waals surface area contributed by atoms with E-state index in [0.29, 0.717) is 41.1 Å². The average Bonchev–Trinajstić information content (AvgIpc) is 3.00. The summed E-state index contributed by atoms with van der Waals surface area (Å²) in [6.07, 6.45) is 4.37. The number of halogens is 3. The van der Waals surface area contributed by atoms with Gasteiger partial charge >= 0.3 is 0 Å². The molecule has 4 rings (SSSR count). The number of amides is 2. The molecule has 226 valence electrons. The second-order valence-corrected chi connectivity index (χ2v) is 11.1.